The molecule has 3 nitrogen and oxygen atoms in total. The van der Waals surface area contributed by atoms with Crippen LogP contribution in [0.4, 0.5) is 0 Å². The SMILES string of the molecule is NC[C@@H](c1ccccc1)n1ccnc1. The number of aromatic nitrogens is 2. The Hall–Kier alpha value is -1.61. The van der Waals surface area contributed by atoms with Crippen molar-refractivity contribution in [3.63, 3.8) is 0 Å². The number of hydrogen-bond acceptors (Lipinski definition) is 2. The van der Waals surface area contributed by atoms with Gasteiger partial charge < -0.3 is 10.3 Å². The molecule has 1 aromatic heterocycles. The Morgan fingerprint density at radius 3 is 2.64 bits per heavy atom. The minimum absolute atomic E-state index is 0.193. The summed E-state index contributed by atoms with van der Waals surface area (Å²) in [5.74, 6) is 0. The van der Waals surface area contributed by atoms with E-state index in [1.165, 1.54) is 5.56 Å². The summed E-state index contributed by atoms with van der Waals surface area (Å²) < 4.78 is 2.02. The smallest absolute Gasteiger partial charge is 0.0952 e. The topological polar surface area (TPSA) is 43.8 Å². The molecule has 0 bridgehead atoms. The van der Waals surface area contributed by atoms with Crippen LogP contribution in [-0.4, -0.2) is 16.1 Å². The maximum absolute atomic E-state index is 5.75. The largest absolute Gasteiger partial charge is 0.329 e. The first-order valence-corrected chi connectivity index (χ1v) is 4.64. The maximum Gasteiger partial charge on any atom is 0.0952 e. The first kappa shape index (κ1) is 8.97. The molecule has 72 valence electrons. The molecule has 0 spiro atoms. The fourth-order valence-corrected chi connectivity index (χ4v) is 1.56. The lowest BCUT2D eigenvalue weighted by atomic mass is 10.1. The third-order valence-corrected chi connectivity index (χ3v) is 2.29. The van der Waals surface area contributed by atoms with Gasteiger partial charge >= 0.3 is 0 Å². The zero-order valence-corrected chi connectivity index (χ0v) is 7.88. The van der Waals surface area contributed by atoms with Gasteiger partial charge in [0.1, 0.15) is 0 Å². The van der Waals surface area contributed by atoms with Gasteiger partial charge in [-0.3, -0.25) is 0 Å². The number of hydrogen-bond donors (Lipinski definition) is 1. The Bertz CT molecular complexity index is 367. The second kappa shape index (κ2) is 4.07. The number of nitrogens with two attached hydrogens (primary N) is 1. The van der Waals surface area contributed by atoms with E-state index in [0.29, 0.717) is 6.54 Å². The van der Waals surface area contributed by atoms with E-state index in [2.05, 4.69) is 17.1 Å². The highest BCUT2D eigenvalue weighted by molar-refractivity contribution is 5.20. The molecule has 2 aromatic rings. The van der Waals surface area contributed by atoms with Gasteiger partial charge in [0.25, 0.3) is 0 Å². The van der Waals surface area contributed by atoms with Crippen molar-refractivity contribution in [2.24, 2.45) is 5.73 Å². The molecule has 1 atom stereocenters. The van der Waals surface area contributed by atoms with Crippen LogP contribution in [0, 0.1) is 0 Å². The molecular formula is C11H13N3. The number of imidazole rings is 1. The molecule has 2 N–H and O–H groups in total. The highest BCUT2D eigenvalue weighted by Gasteiger charge is 2.09. The lowest BCUT2D eigenvalue weighted by Gasteiger charge is -2.16. The monoisotopic (exact) mass is 187 g/mol. The van der Waals surface area contributed by atoms with Gasteiger partial charge in [-0.15, -0.1) is 0 Å². The molecule has 3 heteroatoms. The van der Waals surface area contributed by atoms with E-state index >= 15 is 0 Å². The molecule has 0 radical (unpaired) electrons. The van der Waals surface area contributed by atoms with Gasteiger partial charge in [0, 0.05) is 18.9 Å². The molecule has 0 aliphatic rings. The lowest BCUT2D eigenvalue weighted by molar-refractivity contribution is 0.594. The van der Waals surface area contributed by atoms with Gasteiger partial charge in [-0.25, -0.2) is 4.98 Å². The average Bonchev–Trinajstić information content (AvgIpc) is 2.74. The highest BCUT2D eigenvalue weighted by atomic mass is 15.1. The van der Waals surface area contributed by atoms with Crippen molar-refractivity contribution in [2.45, 2.75) is 6.04 Å². The Labute approximate surface area is 83.2 Å². The summed E-state index contributed by atoms with van der Waals surface area (Å²) in [4.78, 5) is 4.02. The third-order valence-electron chi connectivity index (χ3n) is 2.29. The summed E-state index contributed by atoms with van der Waals surface area (Å²) in [5, 5.41) is 0. The fourth-order valence-electron chi connectivity index (χ4n) is 1.56. The Balaban J connectivity index is 2.31. The molecule has 0 unspecified atom stereocenters. The zero-order chi connectivity index (χ0) is 9.80. The summed E-state index contributed by atoms with van der Waals surface area (Å²) in [6.07, 6.45) is 5.50. The first-order valence-electron chi connectivity index (χ1n) is 4.64. The summed E-state index contributed by atoms with van der Waals surface area (Å²) in [7, 11) is 0. The van der Waals surface area contributed by atoms with Crippen molar-refractivity contribution in [1.29, 1.82) is 0 Å². The van der Waals surface area contributed by atoms with Crippen molar-refractivity contribution < 1.29 is 0 Å². The van der Waals surface area contributed by atoms with Crippen LogP contribution >= 0.6 is 0 Å². The molecular weight excluding hydrogens is 174 g/mol. The van der Waals surface area contributed by atoms with Gasteiger partial charge in [0.2, 0.25) is 0 Å². The molecule has 0 saturated carbocycles. The first-order chi connectivity index (χ1) is 6.92. The predicted molar refractivity (Wildman–Crippen MR) is 55.9 cm³/mol. The molecule has 0 amide bonds. The van der Waals surface area contributed by atoms with Crippen molar-refractivity contribution in [1.82, 2.24) is 9.55 Å². The van der Waals surface area contributed by atoms with E-state index in [0.717, 1.165) is 0 Å². The van der Waals surface area contributed by atoms with Crippen LogP contribution in [0.3, 0.4) is 0 Å². The van der Waals surface area contributed by atoms with Crippen molar-refractivity contribution in [2.75, 3.05) is 6.54 Å². The predicted octanol–water partition coefficient (Wildman–Crippen LogP) is 1.43. The minimum atomic E-state index is 0.193. The van der Waals surface area contributed by atoms with Crippen LogP contribution in [0.25, 0.3) is 0 Å². The zero-order valence-electron chi connectivity index (χ0n) is 7.88. The molecule has 0 aliphatic heterocycles. The van der Waals surface area contributed by atoms with Crippen LogP contribution in [0.2, 0.25) is 0 Å². The molecule has 0 fully saturated rings. The third kappa shape index (κ3) is 1.67. The van der Waals surface area contributed by atoms with Crippen LogP contribution in [-0.2, 0) is 0 Å². The molecule has 1 aromatic carbocycles. The lowest BCUT2D eigenvalue weighted by Crippen LogP contribution is -2.19. The summed E-state index contributed by atoms with van der Waals surface area (Å²) >= 11 is 0. The average molecular weight is 187 g/mol. The van der Waals surface area contributed by atoms with Crippen molar-refractivity contribution >= 4 is 0 Å². The van der Waals surface area contributed by atoms with Gasteiger partial charge in [-0.1, -0.05) is 30.3 Å². The van der Waals surface area contributed by atoms with Gasteiger partial charge in [0.05, 0.1) is 12.4 Å². The van der Waals surface area contributed by atoms with E-state index < -0.39 is 0 Å². The molecule has 1 heterocycles. The van der Waals surface area contributed by atoms with Crippen LogP contribution < -0.4 is 5.73 Å². The van der Waals surface area contributed by atoms with Gasteiger partial charge in [0.15, 0.2) is 0 Å². The highest BCUT2D eigenvalue weighted by Crippen LogP contribution is 2.15. The van der Waals surface area contributed by atoms with Crippen LogP contribution in [0.5, 0.6) is 0 Å². The Morgan fingerprint density at radius 1 is 1.29 bits per heavy atom. The van der Waals surface area contributed by atoms with Crippen molar-refractivity contribution in [3.05, 3.63) is 54.6 Å². The molecule has 14 heavy (non-hydrogen) atoms. The molecule has 0 aliphatic carbocycles. The van der Waals surface area contributed by atoms with Crippen LogP contribution in [0.15, 0.2) is 49.1 Å². The van der Waals surface area contributed by atoms with Gasteiger partial charge in [-0.05, 0) is 5.56 Å². The van der Waals surface area contributed by atoms with Gasteiger partial charge in [-0.2, -0.15) is 0 Å². The summed E-state index contributed by atoms with van der Waals surface area (Å²) in [6.45, 7) is 0.584. The molecule has 0 saturated heterocycles. The van der Waals surface area contributed by atoms with E-state index in [4.69, 9.17) is 5.73 Å². The quantitative estimate of drug-likeness (QED) is 0.790. The van der Waals surface area contributed by atoms with E-state index in [1.807, 2.05) is 29.0 Å². The summed E-state index contributed by atoms with van der Waals surface area (Å²) in [5.41, 5.74) is 6.96. The number of benzene rings is 1. The number of rotatable bonds is 3. The number of nitrogens with zero attached hydrogens (tertiary/aromatic N) is 2. The summed E-state index contributed by atoms with van der Waals surface area (Å²) in [6, 6.07) is 10.4. The van der Waals surface area contributed by atoms with E-state index in [9.17, 15) is 0 Å². The van der Waals surface area contributed by atoms with Crippen LogP contribution in [0.1, 0.15) is 11.6 Å². The minimum Gasteiger partial charge on any atom is -0.329 e. The van der Waals surface area contributed by atoms with E-state index in [-0.39, 0.29) is 6.04 Å². The second-order valence-electron chi connectivity index (χ2n) is 3.17. The fraction of sp³-hybridized carbons (Fsp3) is 0.182. The van der Waals surface area contributed by atoms with E-state index in [1.54, 1.807) is 12.5 Å². The normalized spacial score (nSPS) is 12.6. The van der Waals surface area contributed by atoms with Crippen molar-refractivity contribution in [3.8, 4) is 0 Å². The standard InChI is InChI=1S/C11H13N3/c12-8-11(14-7-6-13-9-14)10-4-2-1-3-5-10/h1-7,9,11H,8,12H2/t11-/m0/s1. The Morgan fingerprint density at radius 2 is 2.07 bits per heavy atom. The second-order valence-corrected chi connectivity index (χ2v) is 3.17. The Kier molecular flexibility index (Phi) is 2.60. The molecule has 2 rings (SSSR count). The maximum atomic E-state index is 5.75.